The van der Waals surface area contributed by atoms with Crippen LogP contribution in [0.1, 0.15) is 25.3 Å². The van der Waals surface area contributed by atoms with E-state index in [0.717, 1.165) is 18.9 Å². The van der Waals surface area contributed by atoms with Crippen molar-refractivity contribution in [2.24, 2.45) is 5.92 Å². The summed E-state index contributed by atoms with van der Waals surface area (Å²) in [7, 11) is -2.37. The monoisotopic (exact) mass is 311 g/mol. The molecule has 0 bridgehead atoms. The van der Waals surface area contributed by atoms with Gasteiger partial charge in [0.2, 0.25) is 10.0 Å². The normalized spacial score (nSPS) is 16.4. The molecule has 1 saturated carbocycles. The number of hydrogen-bond donors (Lipinski definition) is 1. The predicted octanol–water partition coefficient (Wildman–Crippen LogP) is 1.59. The Morgan fingerprint density at radius 2 is 2.14 bits per heavy atom. The summed E-state index contributed by atoms with van der Waals surface area (Å²) in [5, 5.41) is 8.60. The molecule has 21 heavy (non-hydrogen) atoms. The lowest BCUT2D eigenvalue weighted by Crippen LogP contribution is -2.36. The van der Waals surface area contributed by atoms with Crippen LogP contribution in [0, 0.1) is 23.6 Å². The third-order valence-electron chi connectivity index (χ3n) is 3.78. The second-order valence-electron chi connectivity index (χ2n) is 5.20. The second-order valence-corrected chi connectivity index (χ2v) is 7.17. The van der Waals surface area contributed by atoms with E-state index in [9.17, 15) is 12.8 Å². The fourth-order valence-electron chi connectivity index (χ4n) is 2.18. The van der Waals surface area contributed by atoms with E-state index >= 15 is 0 Å². The Morgan fingerprint density at radius 3 is 2.67 bits per heavy atom. The Labute approximate surface area is 124 Å². The highest BCUT2D eigenvalue weighted by molar-refractivity contribution is 7.89. The van der Waals surface area contributed by atoms with Crippen molar-refractivity contribution in [1.82, 2.24) is 4.31 Å². The van der Waals surface area contributed by atoms with Crippen LogP contribution in [-0.2, 0) is 10.0 Å². The molecule has 0 aliphatic heterocycles. The number of benzene rings is 1. The van der Waals surface area contributed by atoms with Crippen LogP contribution in [-0.4, -0.2) is 37.5 Å². The number of rotatable bonds is 4. The van der Waals surface area contributed by atoms with Crippen LogP contribution in [0.5, 0.6) is 0 Å². The van der Waals surface area contributed by atoms with Crippen molar-refractivity contribution in [3.8, 4) is 11.8 Å². The van der Waals surface area contributed by atoms with Gasteiger partial charge in [-0.1, -0.05) is 11.8 Å². The molecule has 1 aromatic rings. The zero-order valence-electron chi connectivity index (χ0n) is 12.0. The van der Waals surface area contributed by atoms with Gasteiger partial charge in [-0.25, -0.2) is 12.8 Å². The first kappa shape index (κ1) is 16.0. The van der Waals surface area contributed by atoms with Crippen LogP contribution in [0.3, 0.4) is 0 Å². The van der Waals surface area contributed by atoms with Gasteiger partial charge in [-0.15, -0.1) is 0 Å². The average Bonchev–Trinajstić information content (AvgIpc) is 3.27. The fourth-order valence-corrected chi connectivity index (χ4v) is 3.64. The van der Waals surface area contributed by atoms with Crippen molar-refractivity contribution in [2.75, 3.05) is 13.7 Å². The SMILES string of the molecule is CC(C1CC1)N(C)S(=O)(=O)c1ccc(C#CCO)cc1F. The highest BCUT2D eigenvalue weighted by Crippen LogP contribution is 2.36. The molecule has 1 fully saturated rings. The second kappa shape index (κ2) is 6.14. The number of aliphatic hydroxyl groups is 1. The summed E-state index contributed by atoms with van der Waals surface area (Å²) in [6.45, 7) is 1.51. The van der Waals surface area contributed by atoms with Crippen molar-refractivity contribution in [3.05, 3.63) is 29.6 Å². The van der Waals surface area contributed by atoms with Gasteiger partial charge in [-0.05, 0) is 43.9 Å². The molecule has 1 N–H and O–H groups in total. The lowest BCUT2D eigenvalue weighted by Gasteiger charge is -2.24. The molecule has 0 amide bonds. The van der Waals surface area contributed by atoms with Crippen LogP contribution in [0.15, 0.2) is 23.1 Å². The Kier molecular flexibility index (Phi) is 4.67. The Balaban J connectivity index is 2.31. The van der Waals surface area contributed by atoms with Crippen molar-refractivity contribution >= 4 is 10.0 Å². The summed E-state index contributed by atoms with van der Waals surface area (Å²) in [6.07, 6.45) is 2.03. The molecular weight excluding hydrogens is 293 g/mol. The molecule has 2 rings (SSSR count). The quantitative estimate of drug-likeness (QED) is 0.859. The first-order valence-electron chi connectivity index (χ1n) is 6.75. The molecule has 0 aromatic heterocycles. The van der Waals surface area contributed by atoms with Gasteiger partial charge in [-0.2, -0.15) is 4.31 Å². The van der Waals surface area contributed by atoms with E-state index in [1.54, 1.807) is 0 Å². The molecule has 1 aliphatic rings. The third kappa shape index (κ3) is 3.43. The van der Waals surface area contributed by atoms with Gasteiger partial charge < -0.3 is 5.11 Å². The minimum atomic E-state index is -3.85. The summed E-state index contributed by atoms with van der Waals surface area (Å²) in [6, 6.07) is 3.60. The zero-order chi connectivity index (χ0) is 15.6. The van der Waals surface area contributed by atoms with Gasteiger partial charge >= 0.3 is 0 Å². The van der Waals surface area contributed by atoms with Crippen LogP contribution < -0.4 is 0 Å². The van der Waals surface area contributed by atoms with Crippen LogP contribution in [0.25, 0.3) is 0 Å². The molecule has 0 heterocycles. The van der Waals surface area contributed by atoms with Gasteiger partial charge in [0.05, 0.1) is 0 Å². The fraction of sp³-hybridized carbons (Fsp3) is 0.467. The summed E-state index contributed by atoms with van der Waals surface area (Å²) in [5.74, 6) is 4.48. The Hall–Kier alpha value is -1.42. The minimum absolute atomic E-state index is 0.136. The van der Waals surface area contributed by atoms with Crippen molar-refractivity contribution in [2.45, 2.75) is 30.7 Å². The number of sulfonamides is 1. The van der Waals surface area contributed by atoms with Gasteiger partial charge in [0.15, 0.2) is 0 Å². The average molecular weight is 311 g/mol. The summed E-state index contributed by atoms with van der Waals surface area (Å²) in [5.41, 5.74) is 0.332. The minimum Gasteiger partial charge on any atom is -0.384 e. The maximum Gasteiger partial charge on any atom is 0.245 e. The number of nitrogens with zero attached hydrogens (tertiary/aromatic N) is 1. The highest BCUT2D eigenvalue weighted by atomic mass is 32.2. The number of halogens is 1. The first-order valence-corrected chi connectivity index (χ1v) is 8.19. The highest BCUT2D eigenvalue weighted by Gasteiger charge is 2.36. The van der Waals surface area contributed by atoms with Crippen LogP contribution in [0.4, 0.5) is 4.39 Å². The van der Waals surface area contributed by atoms with E-state index in [4.69, 9.17) is 5.11 Å². The van der Waals surface area contributed by atoms with Gasteiger partial charge in [0, 0.05) is 18.7 Å². The Morgan fingerprint density at radius 1 is 1.48 bits per heavy atom. The summed E-state index contributed by atoms with van der Waals surface area (Å²) >= 11 is 0. The van der Waals surface area contributed by atoms with Gasteiger partial charge in [-0.3, -0.25) is 0 Å². The third-order valence-corrected chi connectivity index (χ3v) is 5.76. The maximum atomic E-state index is 14.1. The molecule has 0 spiro atoms. The van der Waals surface area contributed by atoms with E-state index in [1.807, 2.05) is 6.92 Å². The largest absolute Gasteiger partial charge is 0.384 e. The molecule has 0 radical (unpaired) electrons. The molecule has 114 valence electrons. The van der Waals surface area contributed by atoms with Crippen LogP contribution >= 0.6 is 0 Å². The molecule has 1 aliphatic carbocycles. The summed E-state index contributed by atoms with van der Waals surface area (Å²) in [4.78, 5) is -0.341. The predicted molar refractivity (Wildman–Crippen MR) is 77.5 cm³/mol. The standard InChI is InChI=1S/C15H18FNO3S/c1-11(13-6-7-13)17(2)21(19,20)15-8-5-12(4-3-9-18)10-14(15)16/h5,8,10-11,13,18H,6-7,9H2,1-2H3. The number of hydrogen-bond acceptors (Lipinski definition) is 3. The van der Waals surface area contributed by atoms with E-state index in [1.165, 1.54) is 23.5 Å². The van der Waals surface area contributed by atoms with E-state index in [2.05, 4.69) is 11.8 Å². The lowest BCUT2D eigenvalue weighted by molar-refractivity contribution is 0.350. The molecule has 1 atom stereocenters. The first-order chi connectivity index (χ1) is 9.87. The summed E-state index contributed by atoms with van der Waals surface area (Å²) < 4.78 is 40.2. The van der Waals surface area contributed by atoms with Crippen molar-refractivity contribution in [1.29, 1.82) is 0 Å². The topological polar surface area (TPSA) is 57.6 Å². The molecule has 4 nitrogen and oxygen atoms in total. The lowest BCUT2D eigenvalue weighted by atomic mass is 10.2. The van der Waals surface area contributed by atoms with E-state index < -0.39 is 15.8 Å². The number of aliphatic hydroxyl groups excluding tert-OH is 1. The molecule has 1 unspecified atom stereocenters. The molecule has 6 heteroatoms. The zero-order valence-corrected chi connectivity index (χ0v) is 12.8. The molecule has 0 saturated heterocycles. The van der Waals surface area contributed by atoms with E-state index in [-0.39, 0.29) is 17.5 Å². The molecular formula is C15H18FNO3S. The Bertz CT molecular complexity index is 687. The van der Waals surface area contributed by atoms with Crippen molar-refractivity contribution < 1.29 is 17.9 Å². The molecule has 1 aromatic carbocycles. The van der Waals surface area contributed by atoms with Gasteiger partial charge in [0.25, 0.3) is 0 Å². The van der Waals surface area contributed by atoms with E-state index in [0.29, 0.717) is 11.5 Å². The van der Waals surface area contributed by atoms with Crippen molar-refractivity contribution in [3.63, 3.8) is 0 Å². The van der Waals surface area contributed by atoms with Gasteiger partial charge in [0.1, 0.15) is 17.3 Å². The van der Waals surface area contributed by atoms with Crippen LogP contribution in [0.2, 0.25) is 0 Å². The smallest absolute Gasteiger partial charge is 0.245 e. The maximum absolute atomic E-state index is 14.1.